The number of hydrogen-bond donors (Lipinski definition) is 1. The van der Waals surface area contributed by atoms with E-state index >= 15 is 0 Å². The second kappa shape index (κ2) is 8.51. The number of carbonyl (C=O) groups excluding carboxylic acids is 1. The van der Waals surface area contributed by atoms with Crippen molar-refractivity contribution in [1.82, 2.24) is 19.8 Å². The van der Waals surface area contributed by atoms with Gasteiger partial charge in [-0.25, -0.2) is 4.98 Å². The van der Waals surface area contributed by atoms with Crippen LogP contribution >= 0.6 is 11.3 Å². The van der Waals surface area contributed by atoms with Crippen molar-refractivity contribution in [3.63, 3.8) is 0 Å². The van der Waals surface area contributed by atoms with Crippen LogP contribution in [0.5, 0.6) is 0 Å². The third-order valence-corrected chi connectivity index (χ3v) is 8.36. The third kappa shape index (κ3) is 3.98. The normalized spacial score (nSPS) is 21.8. The van der Waals surface area contributed by atoms with Crippen molar-refractivity contribution >= 4 is 17.2 Å². The van der Waals surface area contributed by atoms with Crippen molar-refractivity contribution in [2.75, 3.05) is 13.1 Å². The molecule has 1 amide bonds. The van der Waals surface area contributed by atoms with Gasteiger partial charge in [0.05, 0.1) is 16.6 Å². The minimum atomic E-state index is -0.146. The SMILES string of the molecule is CC(C)N1CCc2c(nc([C@@H]3CCCCN3C(=O)c3cc4c(s3)CCCC4)[nH]c2=O)C1. The molecule has 4 heterocycles. The molecule has 1 aliphatic carbocycles. The molecule has 0 unspecified atom stereocenters. The maximum Gasteiger partial charge on any atom is 0.264 e. The number of H-pyrrole nitrogens is 1. The number of thiophene rings is 1. The molecule has 0 bridgehead atoms. The molecular formula is C24H32N4O2S. The summed E-state index contributed by atoms with van der Waals surface area (Å²) in [6, 6.07) is 2.40. The Bertz CT molecular complexity index is 1020. The monoisotopic (exact) mass is 440 g/mol. The number of nitrogens with zero attached hydrogens (tertiary/aromatic N) is 3. The molecule has 2 aromatic rings. The summed E-state index contributed by atoms with van der Waals surface area (Å²) < 4.78 is 0. The fraction of sp³-hybridized carbons (Fsp3) is 0.625. The van der Waals surface area contributed by atoms with Gasteiger partial charge in [0.15, 0.2) is 0 Å². The molecule has 1 N–H and O–H groups in total. The summed E-state index contributed by atoms with van der Waals surface area (Å²) in [5, 5.41) is 0. The highest BCUT2D eigenvalue weighted by Crippen LogP contribution is 2.35. The van der Waals surface area contributed by atoms with Crippen LogP contribution in [0.3, 0.4) is 0 Å². The Hall–Kier alpha value is -1.99. The molecular weight excluding hydrogens is 408 g/mol. The van der Waals surface area contributed by atoms with Gasteiger partial charge in [0, 0.05) is 36.1 Å². The first kappa shape index (κ1) is 20.9. The van der Waals surface area contributed by atoms with Crippen LogP contribution in [0.25, 0.3) is 0 Å². The van der Waals surface area contributed by atoms with E-state index in [0.29, 0.717) is 18.4 Å². The number of aromatic nitrogens is 2. The lowest BCUT2D eigenvalue weighted by Gasteiger charge is -2.36. The Morgan fingerprint density at radius 3 is 2.81 bits per heavy atom. The Morgan fingerprint density at radius 2 is 2.00 bits per heavy atom. The zero-order valence-corrected chi connectivity index (χ0v) is 19.4. The standard InChI is InChI=1S/C24H32N4O2S/c1-15(2)27-12-10-17-18(14-27)25-22(26-23(17)29)19-8-5-6-11-28(19)24(30)21-13-16-7-3-4-9-20(16)31-21/h13,15,19H,3-12,14H2,1-2H3,(H,25,26,29)/t19-/m0/s1. The van der Waals surface area contributed by atoms with Crippen LogP contribution in [-0.2, 0) is 25.8 Å². The number of nitrogens with one attached hydrogen (secondary N) is 1. The number of carbonyl (C=O) groups is 1. The van der Waals surface area contributed by atoms with E-state index in [1.165, 1.54) is 23.3 Å². The van der Waals surface area contributed by atoms with Crippen molar-refractivity contribution in [3.8, 4) is 0 Å². The Kier molecular flexibility index (Phi) is 5.73. The highest BCUT2D eigenvalue weighted by Gasteiger charge is 2.33. The van der Waals surface area contributed by atoms with Gasteiger partial charge in [0.2, 0.25) is 0 Å². The molecule has 6 nitrogen and oxygen atoms in total. The van der Waals surface area contributed by atoms with Crippen molar-refractivity contribution in [2.45, 2.75) is 83.8 Å². The van der Waals surface area contributed by atoms with E-state index in [1.54, 1.807) is 11.3 Å². The van der Waals surface area contributed by atoms with Gasteiger partial charge in [-0.2, -0.15) is 0 Å². The number of aryl methyl sites for hydroxylation is 2. The fourth-order valence-corrected chi connectivity index (χ4v) is 6.48. The van der Waals surface area contributed by atoms with E-state index in [4.69, 9.17) is 4.98 Å². The van der Waals surface area contributed by atoms with Crippen LogP contribution in [0.2, 0.25) is 0 Å². The lowest BCUT2D eigenvalue weighted by molar-refractivity contribution is 0.0603. The number of likely N-dealkylation sites (tertiary alicyclic amines) is 1. The maximum atomic E-state index is 13.5. The highest BCUT2D eigenvalue weighted by molar-refractivity contribution is 7.14. The molecule has 1 saturated heterocycles. The molecule has 0 spiro atoms. The van der Waals surface area contributed by atoms with E-state index in [0.717, 1.165) is 67.7 Å². The molecule has 1 atom stereocenters. The molecule has 2 aliphatic heterocycles. The summed E-state index contributed by atoms with van der Waals surface area (Å²) in [6.45, 7) is 6.70. The van der Waals surface area contributed by atoms with E-state index < -0.39 is 0 Å². The predicted molar refractivity (Wildman–Crippen MR) is 123 cm³/mol. The summed E-state index contributed by atoms with van der Waals surface area (Å²) in [5.74, 6) is 0.775. The first-order valence-corrected chi connectivity index (χ1v) is 12.6. The summed E-state index contributed by atoms with van der Waals surface area (Å²) in [7, 11) is 0. The van der Waals surface area contributed by atoms with Gasteiger partial charge in [0.25, 0.3) is 11.5 Å². The summed E-state index contributed by atoms with van der Waals surface area (Å²) in [6.07, 6.45) is 8.28. The second-order valence-electron chi connectivity index (χ2n) is 9.47. The summed E-state index contributed by atoms with van der Waals surface area (Å²) >= 11 is 1.67. The van der Waals surface area contributed by atoms with Crippen molar-refractivity contribution in [3.05, 3.63) is 48.8 Å². The van der Waals surface area contributed by atoms with Crippen LogP contribution in [0.4, 0.5) is 0 Å². The van der Waals surface area contributed by atoms with Gasteiger partial charge in [-0.3, -0.25) is 14.5 Å². The van der Waals surface area contributed by atoms with Gasteiger partial charge < -0.3 is 9.88 Å². The fourth-order valence-electron chi connectivity index (χ4n) is 5.27. The zero-order chi connectivity index (χ0) is 21.5. The van der Waals surface area contributed by atoms with Crippen molar-refractivity contribution < 1.29 is 4.79 Å². The van der Waals surface area contributed by atoms with Crippen molar-refractivity contribution in [1.29, 1.82) is 0 Å². The lowest BCUT2D eigenvalue weighted by Crippen LogP contribution is -2.42. The number of aromatic amines is 1. The van der Waals surface area contributed by atoms with Crippen LogP contribution in [-0.4, -0.2) is 44.8 Å². The first-order valence-electron chi connectivity index (χ1n) is 11.8. The molecule has 0 radical (unpaired) electrons. The number of hydrogen-bond acceptors (Lipinski definition) is 5. The van der Waals surface area contributed by atoms with E-state index in [9.17, 15) is 9.59 Å². The van der Waals surface area contributed by atoms with Crippen LogP contribution < -0.4 is 5.56 Å². The van der Waals surface area contributed by atoms with E-state index in [1.807, 2.05) is 4.90 Å². The van der Waals surface area contributed by atoms with Gasteiger partial charge >= 0.3 is 0 Å². The van der Waals surface area contributed by atoms with E-state index in [-0.39, 0.29) is 17.5 Å². The molecule has 5 rings (SSSR count). The molecule has 3 aliphatic rings. The molecule has 31 heavy (non-hydrogen) atoms. The second-order valence-corrected chi connectivity index (χ2v) is 10.6. The Morgan fingerprint density at radius 1 is 1.16 bits per heavy atom. The van der Waals surface area contributed by atoms with Gasteiger partial charge in [0.1, 0.15) is 5.82 Å². The topological polar surface area (TPSA) is 69.3 Å². The average molecular weight is 441 g/mol. The largest absolute Gasteiger partial charge is 0.328 e. The number of amides is 1. The van der Waals surface area contributed by atoms with Gasteiger partial charge in [-0.1, -0.05) is 0 Å². The summed E-state index contributed by atoms with van der Waals surface area (Å²) in [4.78, 5) is 40.9. The quantitative estimate of drug-likeness (QED) is 0.787. The summed E-state index contributed by atoms with van der Waals surface area (Å²) in [5.41, 5.74) is 3.05. The minimum Gasteiger partial charge on any atom is -0.328 e. The number of piperidine rings is 1. The van der Waals surface area contributed by atoms with Crippen LogP contribution in [0.1, 0.15) is 89.2 Å². The molecule has 1 fully saturated rings. The molecule has 0 aromatic carbocycles. The van der Waals surface area contributed by atoms with E-state index in [2.05, 4.69) is 29.8 Å². The lowest BCUT2D eigenvalue weighted by atomic mass is 9.98. The number of fused-ring (bicyclic) bond motifs is 2. The number of rotatable bonds is 3. The van der Waals surface area contributed by atoms with Crippen LogP contribution in [0, 0.1) is 0 Å². The molecule has 0 saturated carbocycles. The molecule has 166 valence electrons. The third-order valence-electron chi connectivity index (χ3n) is 7.14. The minimum absolute atomic E-state index is 0.0204. The Labute approximate surface area is 187 Å². The smallest absolute Gasteiger partial charge is 0.264 e. The molecule has 2 aromatic heterocycles. The van der Waals surface area contributed by atoms with Crippen molar-refractivity contribution in [2.24, 2.45) is 0 Å². The zero-order valence-electron chi connectivity index (χ0n) is 18.6. The van der Waals surface area contributed by atoms with Gasteiger partial charge in [-0.15, -0.1) is 11.3 Å². The van der Waals surface area contributed by atoms with Gasteiger partial charge in [-0.05, 0) is 76.8 Å². The maximum absolute atomic E-state index is 13.5. The highest BCUT2D eigenvalue weighted by atomic mass is 32.1. The molecule has 7 heteroatoms. The van der Waals surface area contributed by atoms with Crippen LogP contribution in [0.15, 0.2) is 10.9 Å². The Balaban J connectivity index is 1.45. The predicted octanol–water partition coefficient (Wildman–Crippen LogP) is 3.84. The average Bonchev–Trinajstić information content (AvgIpc) is 3.22. The first-order chi connectivity index (χ1) is 15.0.